The van der Waals surface area contributed by atoms with Gasteiger partial charge in [-0.2, -0.15) is 0 Å². The molecule has 2 aromatic carbocycles. The van der Waals surface area contributed by atoms with Gasteiger partial charge in [0.1, 0.15) is 0 Å². The fourth-order valence-corrected chi connectivity index (χ4v) is 5.19. The maximum atomic E-state index is 13.1. The van der Waals surface area contributed by atoms with Gasteiger partial charge in [0.05, 0.1) is 16.1 Å². The Hall–Kier alpha value is -2.57. The highest BCUT2D eigenvalue weighted by Gasteiger charge is 2.29. The van der Waals surface area contributed by atoms with E-state index < -0.39 is 0 Å². The zero-order chi connectivity index (χ0) is 19.8. The van der Waals surface area contributed by atoms with Gasteiger partial charge in [-0.05, 0) is 68.1 Å². The molecule has 1 aliphatic heterocycles. The predicted molar refractivity (Wildman–Crippen MR) is 116 cm³/mol. The van der Waals surface area contributed by atoms with Crippen molar-refractivity contribution < 1.29 is 9.59 Å². The maximum absolute atomic E-state index is 13.1. The van der Waals surface area contributed by atoms with Crippen molar-refractivity contribution in [1.29, 1.82) is 0 Å². The van der Waals surface area contributed by atoms with Crippen LogP contribution >= 0.6 is 23.1 Å². The number of benzene rings is 2. The molecule has 0 atom stereocenters. The zero-order valence-electron chi connectivity index (χ0n) is 15.9. The number of anilines is 2. The number of fused-ring (bicyclic) bond motifs is 2. The fraction of sp³-hybridized carbons (Fsp3) is 0.182. The lowest BCUT2D eigenvalue weighted by atomic mass is 10.1. The second-order valence-corrected chi connectivity index (χ2v) is 8.94. The minimum atomic E-state index is -0.108. The Morgan fingerprint density at radius 1 is 1.07 bits per heavy atom. The number of carbonyl (C=O) groups excluding carboxylic acids is 2. The van der Waals surface area contributed by atoms with Crippen molar-refractivity contribution in [2.24, 2.45) is 0 Å². The van der Waals surface area contributed by atoms with Gasteiger partial charge in [-0.3, -0.25) is 9.59 Å². The van der Waals surface area contributed by atoms with Crippen LogP contribution in [0.1, 0.15) is 39.4 Å². The van der Waals surface area contributed by atoms with Gasteiger partial charge in [-0.15, -0.1) is 11.3 Å². The molecule has 1 N–H and O–H groups in total. The molecule has 0 saturated carbocycles. The topological polar surface area (TPSA) is 49.4 Å². The van der Waals surface area contributed by atoms with Crippen LogP contribution < -0.4 is 10.2 Å². The number of carbonyl (C=O) groups is 2. The van der Waals surface area contributed by atoms with Crippen LogP contribution in [0.2, 0.25) is 0 Å². The van der Waals surface area contributed by atoms with Gasteiger partial charge in [-0.25, -0.2) is 0 Å². The SMILES string of the molecule is Cc1ccsc1C(=O)Nc1ccc2c(c1)Sc1ccccc1C(=O)N2C(C)C. The van der Waals surface area contributed by atoms with Gasteiger partial charge in [0.25, 0.3) is 11.8 Å². The molecule has 4 rings (SSSR count). The maximum Gasteiger partial charge on any atom is 0.265 e. The van der Waals surface area contributed by atoms with Gasteiger partial charge in [0.15, 0.2) is 0 Å². The molecule has 0 bridgehead atoms. The van der Waals surface area contributed by atoms with Crippen LogP contribution in [0.4, 0.5) is 11.4 Å². The first kappa shape index (κ1) is 18.8. The Balaban J connectivity index is 1.74. The number of thiophene rings is 1. The smallest absolute Gasteiger partial charge is 0.265 e. The lowest BCUT2D eigenvalue weighted by Gasteiger charge is -2.27. The predicted octanol–water partition coefficient (Wildman–Crippen LogP) is 5.83. The third-order valence-corrected chi connectivity index (χ3v) is 6.76. The summed E-state index contributed by atoms with van der Waals surface area (Å²) in [6.07, 6.45) is 0. The molecule has 0 spiro atoms. The molecule has 3 aromatic rings. The minimum absolute atomic E-state index is 0.00264. The molecule has 1 aromatic heterocycles. The van der Waals surface area contributed by atoms with E-state index in [1.807, 2.05) is 79.6 Å². The minimum Gasteiger partial charge on any atom is -0.321 e. The second-order valence-electron chi connectivity index (χ2n) is 6.94. The number of nitrogens with zero attached hydrogens (tertiary/aromatic N) is 1. The molecule has 142 valence electrons. The first-order valence-corrected chi connectivity index (χ1v) is 10.7. The summed E-state index contributed by atoms with van der Waals surface area (Å²) < 4.78 is 0. The standard InChI is InChI=1S/C22H20N2O2S2/c1-13(2)24-17-9-8-15(23-21(25)20-14(3)10-11-27-20)12-19(17)28-18-7-5-4-6-16(18)22(24)26/h4-13H,1-3H3,(H,23,25). The molecule has 0 radical (unpaired) electrons. The number of aryl methyl sites for hydroxylation is 1. The van der Waals surface area contributed by atoms with E-state index in [2.05, 4.69) is 5.32 Å². The highest BCUT2D eigenvalue weighted by atomic mass is 32.2. The van der Waals surface area contributed by atoms with Crippen molar-refractivity contribution in [3.05, 3.63) is 69.9 Å². The van der Waals surface area contributed by atoms with E-state index in [0.717, 1.165) is 26.7 Å². The molecular formula is C22H20N2O2S2. The fourth-order valence-electron chi connectivity index (χ4n) is 3.27. The Kier molecular flexibility index (Phi) is 5.00. The van der Waals surface area contributed by atoms with Crippen LogP contribution in [-0.2, 0) is 0 Å². The second kappa shape index (κ2) is 7.45. The van der Waals surface area contributed by atoms with Gasteiger partial charge >= 0.3 is 0 Å². The highest BCUT2D eigenvalue weighted by molar-refractivity contribution is 7.99. The summed E-state index contributed by atoms with van der Waals surface area (Å²) in [5, 5.41) is 4.91. The normalized spacial score (nSPS) is 13.1. The van der Waals surface area contributed by atoms with E-state index >= 15 is 0 Å². The van der Waals surface area contributed by atoms with Gasteiger partial charge in [-0.1, -0.05) is 23.9 Å². The third-order valence-electron chi connectivity index (χ3n) is 4.62. The molecule has 0 fully saturated rings. The third kappa shape index (κ3) is 3.34. The van der Waals surface area contributed by atoms with E-state index in [9.17, 15) is 9.59 Å². The Morgan fingerprint density at radius 2 is 1.86 bits per heavy atom. The Bertz CT molecular complexity index is 1070. The van der Waals surface area contributed by atoms with Crippen LogP contribution in [0.15, 0.2) is 63.7 Å². The molecule has 1 aliphatic rings. The highest BCUT2D eigenvalue weighted by Crippen LogP contribution is 2.43. The van der Waals surface area contributed by atoms with Gasteiger partial charge in [0.2, 0.25) is 0 Å². The van der Waals surface area contributed by atoms with Crippen molar-refractivity contribution in [3.63, 3.8) is 0 Å². The van der Waals surface area contributed by atoms with E-state index in [-0.39, 0.29) is 17.9 Å². The average molecular weight is 409 g/mol. The monoisotopic (exact) mass is 408 g/mol. The summed E-state index contributed by atoms with van der Waals surface area (Å²) in [5.74, 6) is -0.105. The lowest BCUT2D eigenvalue weighted by Crippen LogP contribution is -2.36. The van der Waals surface area contributed by atoms with Crippen molar-refractivity contribution in [2.45, 2.75) is 36.6 Å². The van der Waals surface area contributed by atoms with E-state index in [0.29, 0.717) is 10.4 Å². The molecule has 0 aliphatic carbocycles. The van der Waals surface area contributed by atoms with Crippen molar-refractivity contribution in [3.8, 4) is 0 Å². The number of hydrogen-bond acceptors (Lipinski definition) is 4. The average Bonchev–Trinajstić information content (AvgIpc) is 3.04. The van der Waals surface area contributed by atoms with Crippen LogP contribution in [0, 0.1) is 6.92 Å². The number of amides is 2. The molecule has 2 amide bonds. The first-order chi connectivity index (χ1) is 13.5. The molecule has 28 heavy (non-hydrogen) atoms. The van der Waals surface area contributed by atoms with Crippen molar-refractivity contribution in [2.75, 3.05) is 10.2 Å². The quantitative estimate of drug-likeness (QED) is 0.593. The van der Waals surface area contributed by atoms with Crippen LogP contribution in [0.3, 0.4) is 0 Å². The van der Waals surface area contributed by atoms with Gasteiger partial charge < -0.3 is 10.2 Å². The molecule has 4 nitrogen and oxygen atoms in total. The largest absolute Gasteiger partial charge is 0.321 e. The van der Waals surface area contributed by atoms with Crippen LogP contribution in [-0.4, -0.2) is 17.9 Å². The van der Waals surface area contributed by atoms with Crippen LogP contribution in [0.5, 0.6) is 0 Å². The zero-order valence-corrected chi connectivity index (χ0v) is 17.5. The summed E-state index contributed by atoms with van der Waals surface area (Å²) in [6.45, 7) is 5.95. The summed E-state index contributed by atoms with van der Waals surface area (Å²) in [5.41, 5.74) is 3.26. The van der Waals surface area contributed by atoms with E-state index in [4.69, 9.17) is 0 Å². The molecule has 6 heteroatoms. The van der Waals surface area contributed by atoms with Crippen molar-refractivity contribution in [1.82, 2.24) is 0 Å². The summed E-state index contributed by atoms with van der Waals surface area (Å²) in [6, 6.07) is 15.4. The van der Waals surface area contributed by atoms with Crippen LogP contribution in [0.25, 0.3) is 0 Å². The molecule has 0 saturated heterocycles. The van der Waals surface area contributed by atoms with Gasteiger partial charge in [0, 0.05) is 21.5 Å². The number of rotatable bonds is 3. The Morgan fingerprint density at radius 3 is 2.57 bits per heavy atom. The molecular weight excluding hydrogens is 388 g/mol. The summed E-state index contributed by atoms with van der Waals surface area (Å²) in [4.78, 5) is 30.1. The first-order valence-electron chi connectivity index (χ1n) is 9.05. The molecule has 0 unspecified atom stereocenters. The number of hydrogen-bond donors (Lipinski definition) is 1. The van der Waals surface area contributed by atoms with Crippen molar-refractivity contribution >= 4 is 46.3 Å². The number of nitrogens with one attached hydrogen (secondary N) is 1. The van der Waals surface area contributed by atoms with E-state index in [1.165, 1.54) is 11.3 Å². The summed E-state index contributed by atoms with van der Waals surface area (Å²) >= 11 is 2.99. The molecule has 2 heterocycles. The Labute approximate surface area is 172 Å². The van der Waals surface area contributed by atoms with E-state index in [1.54, 1.807) is 11.8 Å². The summed E-state index contributed by atoms with van der Waals surface area (Å²) in [7, 11) is 0. The lowest BCUT2D eigenvalue weighted by molar-refractivity contribution is 0.0976.